The summed E-state index contributed by atoms with van der Waals surface area (Å²) in [6.07, 6.45) is -2.98. The molecule has 1 aromatic heterocycles. The summed E-state index contributed by atoms with van der Waals surface area (Å²) in [6.45, 7) is 0. The second kappa shape index (κ2) is 6.32. The first kappa shape index (κ1) is 17.2. The molecule has 3 rings (SSSR count). The Morgan fingerprint density at radius 2 is 1.64 bits per heavy atom. The fraction of sp³-hybridized carbons (Fsp3) is 0.125. The molecule has 0 aliphatic heterocycles. The monoisotopic (exact) mass is 367 g/mol. The highest BCUT2D eigenvalue weighted by molar-refractivity contribution is 7.93. The molecule has 0 bridgehead atoms. The summed E-state index contributed by atoms with van der Waals surface area (Å²) in [5.74, 6) is -0.00395. The van der Waals surface area contributed by atoms with Crippen molar-refractivity contribution >= 4 is 15.7 Å². The molecule has 5 nitrogen and oxygen atoms in total. The molecule has 0 saturated heterocycles. The Kier molecular flexibility index (Phi) is 4.34. The topological polar surface area (TPSA) is 68.3 Å². The van der Waals surface area contributed by atoms with Gasteiger partial charge in [-0.2, -0.15) is 13.2 Å². The maximum atomic E-state index is 12.6. The van der Waals surface area contributed by atoms with E-state index >= 15 is 0 Å². The SMILES string of the molecule is CS(=O)(=Nc1nnc(-c2ccc(C(F)(F)F)cc2)o1)c1ccccc1. The molecule has 130 valence electrons. The van der Waals surface area contributed by atoms with Gasteiger partial charge in [-0.3, -0.25) is 0 Å². The molecular weight excluding hydrogens is 355 g/mol. The highest BCUT2D eigenvalue weighted by Crippen LogP contribution is 2.31. The van der Waals surface area contributed by atoms with Crippen LogP contribution in [0.4, 0.5) is 19.2 Å². The standard InChI is InChI=1S/C16H12F3N3O2S/c1-25(23,13-5-3-2-4-6-13)22-15-21-20-14(24-15)11-7-9-12(10-8-11)16(17,18)19/h2-10H,1H3. The lowest BCUT2D eigenvalue weighted by Gasteiger charge is -2.05. The smallest absolute Gasteiger partial charge is 0.401 e. The third kappa shape index (κ3) is 3.87. The van der Waals surface area contributed by atoms with Crippen molar-refractivity contribution in [2.45, 2.75) is 11.1 Å². The van der Waals surface area contributed by atoms with Gasteiger partial charge in [0, 0.05) is 16.7 Å². The van der Waals surface area contributed by atoms with E-state index in [1.165, 1.54) is 18.4 Å². The van der Waals surface area contributed by atoms with Gasteiger partial charge < -0.3 is 4.42 Å². The first-order valence-electron chi connectivity index (χ1n) is 7.04. The Hall–Kier alpha value is -2.68. The Bertz CT molecular complexity index is 989. The number of halogens is 3. The molecule has 9 heteroatoms. The zero-order chi connectivity index (χ0) is 18.1. The van der Waals surface area contributed by atoms with Gasteiger partial charge in [-0.15, -0.1) is 9.46 Å². The molecule has 0 aliphatic rings. The Morgan fingerprint density at radius 1 is 1.00 bits per heavy atom. The molecule has 0 saturated carbocycles. The number of rotatable bonds is 3. The van der Waals surface area contributed by atoms with Gasteiger partial charge in [0.05, 0.1) is 15.3 Å². The van der Waals surface area contributed by atoms with Gasteiger partial charge in [0.25, 0.3) is 0 Å². The van der Waals surface area contributed by atoms with Crippen LogP contribution in [0.1, 0.15) is 5.56 Å². The van der Waals surface area contributed by atoms with Gasteiger partial charge in [-0.25, -0.2) is 4.21 Å². The Balaban J connectivity index is 1.91. The molecule has 0 amide bonds. The van der Waals surface area contributed by atoms with Crippen molar-refractivity contribution in [2.24, 2.45) is 4.36 Å². The van der Waals surface area contributed by atoms with Crippen LogP contribution in [-0.2, 0) is 15.9 Å². The highest BCUT2D eigenvalue weighted by Gasteiger charge is 2.30. The van der Waals surface area contributed by atoms with E-state index in [0.29, 0.717) is 10.5 Å². The summed E-state index contributed by atoms with van der Waals surface area (Å²) in [4.78, 5) is 0.504. The molecule has 2 aromatic carbocycles. The molecule has 25 heavy (non-hydrogen) atoms. The van der Waals surface area contributed by atoms with Crippen molar-refractivity contribution in [1.82, 2.24) is 10.2 Å². The van der Waals surface area contributed by atoms with Gasteiger partial charge >= 0.3 is 12.2 Å². The molecule has 0 fully saturated rings. The number of hydrogen-bond acceptors (Lipinski definition) is 5. The largest absolute Gasteiger partial charge is 0.416 e. The van der Waals surface area contributed by atoms with Gasteiger partial charge in [0.15, 0.2) is 0 Å². The van der Waals surface area contributed by atoms with Gasteiger partial charge in [-0.05, 0) is 36.4 Å². The van der Waals surface area contributed by atoms with Crippen LogP contribution in [0.5, 0.6) is 0 Å². The summed E-state index contributed by atoms with van der Waals surface area (Å²) < 4.78 is 59.6. The lowest BCUT2D eigenvalue weighted by atomic mass is 10.1. The second-order valence-electron chi connectivity index (χ2n) is 5.17. The van der Waals surface area contributed by atoms with Crippen LogP contribution in [0.25, 0.3) is 11.5 Å². The number of aromatic nitrogens is 2. The Morgan fingerprint density at radius 3 is 2.24 bits per heavy atom. The number of alkyl halides is 3. The molecule has 1 unspecified atom stereocenters. The maximum absolute atomic E-state index is 12.6. The average molecular weight is 367 g/mol. The van der Waals surface area contributed by atoms with Crippen molar-refractivity contribution in [3.63, 3.8) is 0 Å². The van der Waals surface area contributed by atoms with Crippen LogP contribution >= 0.6 is 0 Å². The van der Waals surface area contributed by atoms with E-state index in [1.807, 2.05) is 0 Å². The molecular formula is C16H12F3N3O2S. The third-order valence-corrected chi connectivity index (χ3v) is 4.96. The molecule has 0 radical (unpaired) electrons. The predicted molar refractivity (Wildman–Crippen MR) is 85.6 cm³/mol. The van der Waals surface area contributed by atoms with E-state index < -0.39 is 21.5 Å². The maximum Gasteiger partial charge on any atom is 0.416 e. The third-order valence-electron chi connectivity index (χ3n) is 3.31. The summed E-state index contributed by atoms with van der Waals surface area (Å²) in [7, 11) is -2.78. The molecule has 0 aliphatic carbocycles. The minimum Gasteiger partial charge on any atom is -0.401 e. The quantitative estimate of drug-likeness (QED) is 0.681. The van der Waals surface area contributed by atoms with Crippen LogP contribution in [0.15, 0.2) is 68.3 Å². The van der Waals surface area contributed by atoms with Crippen LogP contribution < -0.4 is 0 Å². The van der Waals surface area contributed by atoms with E-state index in [4.69, 9.17) is 4.42 Å². The average Bonchev–Trinajstić information content (AvgIpc) is 3.03. The number of benzene rings is 2. The summed E-state index contributed by atoms with van der Waals surface area (Å²) in [6, 6.07) is 12.7. The second-order valence-corrected chi connectivity index (χ2v) is 7.43. The van der Waals surface area contributed by atoms with E-state index in [-0.39, 0.29) is 11.9 Å². The molecule has 1 heterocycles. The van der Waals surface area contributed by atoms with Crippen LogP contribution in [0.2, 0.25) is 0 Å². The van der Waals surface area contributed by atoms with Gasteiger partial charge in [-0.1, -0.05) is 23.3 Å². The molecule has 3 aromatic rings. The van der Waals surface area contributed by atoms with Crippen LogP contribution in [0.3, 0.4) is 0 Å². The van der Waals surface area contributed by atoms with Crippen molar-refractivity contribution < 1.29 is 21.8 Å². The zero-order valence-electron chi connectivity index (χ0n) is 12.9. The summed E-state index contributed by atoms with van der Waals surface area (Å²) in [5.41, 5.74) is -0.467. The first-order valence-corrected chi connectivity index (χ1v) is 8.96. The van der Waals surface area contributed by atoms with Crippen LogP contribution in [-0.4, -0.2) is 20.7 Å². The van der Waals surface area contributed by atoms with Crippen LogP contribution in [0, 0.1) is 0 Å². The minimum absolute atomic E-state index is 0.00395. The van der Waals surface area contributed by atoms with E-state index in [1.54, 1.807) is 30.3 Å². The lowest BCUT2D eigenvalue weighted by molar-refractivity contribution is -0.137. The zero-order valence-corrected chi connectivity index (χ0v) is 13.7. The lowest BCUT2D eigenvalue weighted by Crippen LogP contribution is -2.03. The van der Waals surface area contributed by atoms with E-state index in [0.717, 1.165) is 12.1 Å². The normalized spacial score (nSPS) is 14.1. The fourth-order valence-electron chi connectivity index (χ4n) is 2.05. The minimum atomic E-state index is -4.42. The summed E-state index contributed by atoms with van der Waals surface area (Å²) >= 11 is 0. The number of hydrogen-bond donors (Lipinski definition) is 0. The summed E-state index contributed by atoms with van der Waals surface area (Å²) in [5, 5.41) is 7.43. The predicted octanol–water partition coefficient (Wildman–Crippen LogP) is 4.54. The Labute approximate surface area is 141 Å². The van der Waals surface area contributed by atoms with Crippen molar-refractivity contribution in [2.75, 3.05) is 6.26 Å². The molecule has 0 N–H and O–H groups in total. The van der Waals surface area contributed by atoms with E-state index in [2.05, 4.69) is 14.6 Å². The van der Waals surface area contributed by atoms with Crippen molar-refractivity contribution in [3.05, 3.63) is 60.2 Å². The molecule has 0 spiro atoms. The van der Waals surface area contributed by atoms with Gasteiger partial charge in [0.1, 0.15) is 0 Å². The highest BCUT2D eigenvalue weighted by atomic mass is 32.2. The van der Waals surface area contributed by atoms with E-state index in [9.17, 15) is 17.4 Å². The number of nitrogens with zero attached hydrogens (tertiary/aromatic N) is 3. The molecule has 1 atom stereocenters. The fourth-order valence-corrected chi connectivity index (χ4v) is 3.18. The van der Waals surface area contributed by atoms with Crippen molar-refractivity contribution in [3.8, 4) is 11.5 Å². The first-order chi connectivity index (χ1) is 11.8. The van der Waals surface area contributed by atoms with Gasteiger partial charge in [0.2, 0.25) is 5.89 Å². The van der Waals surface area contributed by atoms with Crippen molar-refractivity contribution in [1.29, 1.82) is 0 Å².